The van der Waals surface area contributed by atoms with Gasteiger partial charge in [-0.05, 0) is 18.4 Å². The highest BCUT2D eigenvalue weighted by Gasteiger charge is 2.18. The minimum absolute atomic E-state index is 0.0404. The molecule has 1 aromatic heterocycles. The number of pyridine rings is 1. The Bertz CT molecular complexity index is 416. The van der Waals surface area contributed by atoms with Gasteiger partial charge in [-0.25, -0.2) is 9.78 Å². The van der Waals surface area contributed by atoms with Crippen molar-refractivity contribution in [1.82, 2.24) is 4.98 Å². The Labute approximate surface area is 99.6 Å². The average Bonchev–Trinajstić information content (AvgIpc) is 2.23. The van der Waals surface area contributed by atoms with Gasteiger partial charge < -0.3 is 15.6 Å². The van der Waals surface area contributed by atoms with Crippen LogP contribution in [-0.4, -0.2) is 22.7 Å². The molecule has 0 atom stereocenters. The molecule has 0 unspecified atom stereocenters. The van der Waals surface area contributed by atoms with Gasteiger partial charge in [0.1, 0.15) is 5.69 Å². The number of anilines is 1. The van der Waals surface area contributed by atoms with Crippen LogP contribution in [0.2, 0.25) is 0 Å². The molecule has 92 valence electrons. The van der Waals surface area contributed by atoms with Crippen molar-refractivity contribution >= 4 is 11.7 Å². The van der Waals surface area contributed by atoms with Crippen molar-refractivity contribution in [2.75, 3.05) is 12.3 Å². The molecule has 1 saturated carbocycles. The standard InChI is InChI=1S/C12H16N2O3/c13-10-9(12(15)16)4-6-14-11(10)17-7-5-8-2-1-3-8/h4,6,8H,1-3,5,7,13H2,(H,15,16). The number of nitrogens with two attached hydrogens (primary N) is 1. The van der Waals surface area contributed by atoms with Gasteiger partial charge in [-0.1, -0.05) is 19.3 Å². The molecule has 0 aromatic carbocycles. The molecule has 1 aliphatic rings. The normalized spacial score (nSPS) is 15.3. The number of aromatic carboxylic acids is 1. The fourth-order valence-corrected chi connectivity index (χ4v) is 1.86. The van der Waals surface area contributed by atoms with Gasteiger partial charge in [0.2, 0.25) is 5.88 Å². The minimum Gasteiger partial charge on any atom is -0.478 e. The van der Waals surface area contributed by atoms with Crippen LogP contribution in [0.1, 0.15) is 36.0 Å². The third-order valence-corrected chi connectivity index (χ3v) is 3.17. The molecule has 0 spiro atoms. The third-order valence-electron chi connectivity index (χ3n) is 3.17. The van der Waals surface area contributed by atoms with Crippen LogP contribution in [0.25, 0.3) is 0 Å². The number of carboxylic acid groups (broad SMARTS) is 1. The molecule has 0 bridgehead atoms. The Morgan fingerprint density at radius 3 is 2.94 bits per heavy atom. The maximum absolute atomic E-state index is 10.8. The fraction of sp³-hybridized carbons (Fsp3) is 0.500. The average molecular weight is 236 g/mol. The van der Waals surface area contributed by atoms with Crippen molar-refractivity contribution in [1.29, 1.82) is 0 Å². The third kappa shape index (κ3) is 2.67. The molecule has 5 nitrogen and oxygen atoms in total. The van der Waals surface area contributed by atoms with Crippen LogP contribution in [0.15, 0.2) is 12.3 Å². The molecule has 1 aliphatic carbocycles. The van der Waals surface area contributed by atoms with Crippen LogP contribution in [-0.2, 0) is 0 Å². The van der Waals surface area contributed by atoms with E-state index >= 15 is 0 Å². The van der Waals surface area contributed by atoms with Gasteiger partial charge >= 0.3 is 5.97 Å². The summed E-state index contributed by atoms with van der Waals surface area (Å²) in [5, 5.41) is 8.89. The lowest BCUT2D eigenvalue weighted by molar-refractivity contribution is 0.0697. The van der Waals surface area contributed by atoms with E-state index in [2.05, 4.69) is 4.98 Å². The Hall–Kier alpha value is -1.78. The first kappa shape index (κ1) is 11.7. The number of aromatic nitrogens is 1. The van der Waals surface area contributed by atoms with Crippen LogP contribution in [0.5, 0.6) is 5.88 Å². The van der Waals surface area contributed by atoms with E-state index in [0.29, 0.717) is 6.61 Å². The van der Waals surface area contributed by atoms with E-state index in [1.807, 2.05) is 0 Å². The Balaban J connectivity index is 1.95. The first-order chi connectivity index (χ1) is 8.18. The quantitative estimate of drug-likeness (QED) is 0.815. The Morgan fingerprint density at radius 2 is 2.35 bits per heavy atom. The number of rotatable bonds is 5. The molecule has 1 fully saturated rings. The molecular formula is C12H16N2O3. The van der Waals surface area contributed by atoms with Gasteiger partial charge in [0.05, 0.1) is 12.2 Å². The number of hydrogen-bond donors (Lipinski definition) is 2. The largest absolute Gasteiger partial charge is 0.478 e. The van der Waals surface area contributed by atoms with Crippen molar-refractivity contribution in [2.24, 2.45) is 5.92 Å². The Morgan fingerprint density at radius 1 is 1.59 bits per heavy atom. The van der Waals surface area contributed by atoms with Crippen molar-refractivity contribution in [3.8, 4) is 5.88 Å². The molecule has 0 aliphatic heterocycles. The monoisotopic (exact) mass is 236 g/mol. The lowest BCUT2D eigenvalue weighted by Gasteiger charge is -2.24. The molecule has 2 rings (SSSR count). The van der Waals surface area contributed by atoms with Gasteiger partial charge in [0, 0.05) is 6.20 Å². The fourth-order valence-electron chi connectivity index (χ4n) is 1.86. The van der Waals surface area contributed by atoms with Crippen molar-refractivity contribution in [3.05, 3.63) is 17.8 Å². The van der Waals surface area contributed by atoms with Crippen LogP contribution in [0.3, 0.4) is 0 Å². The SMILES string of the molecule is Nc1c(C(=O)O)ccnc1OCCC1CCC1. The molecule has 0 radical (unpaired) electrons. The lowest BCUT2D eigenvalue weighted by Crippen LogP contribution is -2.15. The highest BCUT2D eigenvalue weighted by atomic mass is 16.5. The van der Waals surface area contributed by atoms with E-state index in [9.17, 15) is 4.79 Å². The van der Waals surface area contributed by atoms with E-state index in [-0.39, 0.29) is 17.1 Å². The highest BCUT2D eigenvalue weighted by Crippen LogP contribution is 2.30. The summed E-state index contributed by atoms with van der Waals surface area (Å²) in [4.78, 5) is 14.8. The first-order valence-electron chi connectivity index (χ1n) is 5.79. The van der Waals surface area contributed by atoms with E-state index in [4.69, 9.17) is 15.6 Å². The molecule has 3 N–H and O–H groups in total. The second kappa shape index (κ2) is 5.03. The number of carbonyl (C=O) groups is 1. The van der Waals surface area contributed by atoms with Crippen LogP contribution in [0.4, 0.5) is 5.69 Å². The van der Waals surface area contributed by atoms with Gasteiger partial charge in [-0.3, -0.25) is 0 Å². The van der Waals surface area contributed by atoms with Crippen LogP contribution in [0, 0.1) is 5.92 Å². The summed E-state index contributed by atoms with van der Waals surface area (Å²) in [6.07, 6.45) is 6.22. The van der Waals surface area contributed by atoms with Gasteiger partial charge in [-0.2, -0.15) is 0 Å². The summed E-state index contributed by atoms with van der Waals surface area (Å²) >= 11 is 0. The summed E-state index contributed by atoms with van der Waals surface area (Å²) in [5.41, 5.74) is 5.82. The molecule has 17 heavy (non-hydrogen) atoms. The summed E-state index contributed by atoms with van der Waals surface area (Å²) in [6, 6.07) is 1.37. The Kier molecular flexibility index (Phi) is 3.46. The van der Waals surface area contributed by atoms with E-state index in [1.165, 1.54) is 31.5 Å². The van der Waals surface area contributed by atoms with Crippen molar-refractivity contribution < 1.29 is 14.6 Å². The highest BCUT2D eigenvalue weighted by molar-refractivity contribution is 5.94. The summed E-state index contributed by atoms with van der Waals surface area (Å²) < 4.78 is 5.43. The summed E-state index contributed by atoms with van der Waals surface area (Å²) in [5.74, 6) is -0.0863. The van der Waals surface area contributed by atoms with Crippen LogP contribution < -0.4 is 10.5 Å². The minimum atomic E-state index is -1.06. The topological polar surface area (TPSA) is 85.4 Å². The van der Waals surface area contributed by atoms with E-state index < -0.39 is 5.97 Å². The first-order valence-corrected chi connectivity index (χ1v) is 5.79. The molecule has 5 heteroatoms. The van der Waals surface area contributed by atoms with Gasteiger partial charge in [0.15, 0.2) is 0 Å². The van der Waals surface area contributed by atoms with E-state index in [0.717, 1.165) is 12.3 Å². The zero-order chi connectivity index (χ0) is 12.3. The second-order valence-electron chi connectivity index (χ2n) is 4.32. The lowest BCUT2D eigenvalue weighted by atomic mass is 9.83. The molecule has 1 heterocycles. The summed E-state index contributed by atoms with van der Waals surface area (Å²) in [7, 11) is 0. The van der Waals surface area contributed by atoms with Gasteiger partial charge in [-0.15, -0.1) is 0 Å². The number of carboxylic acids is 1. The molecular weight excluding hydrogens is 220 g/mol. The number of nitrogen functional groups attached to an aromatic ring is 1. The predicted molar refractivity (Wildman–Crippen MR) is 63.1 cm³/mol. The molecule has 0 saturated heterocycles. The zero-order valence-corrected chi connectivity index (χ0v) is 9.56. The van der Waals surface area contributed by atoms with Crippen molar-refractivity contribution in [3.63, 3.8) is 0 Å². The maximum atomic E-state index is 10.8. The second-order valence-corrected chi connectivity index (χ2v) is 4.32. The maximum Gasteiger partial charge on any atom is 0.338 e. The molecule has 1 aromatic rings. The number of nitrogens with zero attached hydrogens (tertiary/aromatic N) is 1. The van der Waals surface area contributed by atoms with Crippen molar-refractivity contribution in [2.45, 2.75) is 25.7 Å². The number of ether oxygens (including phenoxy) is 1. The summed E-state index contributed by atoms with van der Waals surface area (Å²) in [6.45, 7) is 0.547. The smallest absolute Gasteiger partial charge is 0.338 e. The predicted octanol–water partition coefficient (Wildman–Crippen LogP) is 1.93. The van der Waals surface area contributed by atoms with Crippen LogP contribution >= 0.6 is 0 Å². The zero-order valence-electron chi connectivity index (χ0n) is 9.56. The molecule has 0 amide bonds. The van der Waals surface area contributed by atoms with Gasteiger partial charge in [0.25, 0.3) is 0 Å². The number of hydrogen-bond acceptors (Lipinski definition) is 4. The van der Waals surface area contributed by atoms with E-state index in [1.54, 1.807) is 0 Å².